The fraction of sp³-hybridized carbons (Fsp3) is 0.474. The first kappa shape index (κ1) is 14.5. The minimum absolute atomic E-state index is 0.839. The average molecular weight is 308 g/mol. The van der Waals surface area contributed by atoms with Crippen LogP contribution in [0.4, 0.5) is 11.6 Å². The topological polar surface area (TPSA) is 32.3 Å². The van der Waals surface area contributed by atoms with Gasteiger partial charge in [0.25, 0.3) is 0 Å². The number of rotatable bonds is 2. The Kier molecular flexibility index (Phi) is 3.90. The van der Waals surface area contributed by atoms with Gasteiger partial charge in [-0.1, -0.05) is 31.2 Å². The molecule has 0 spiro atoms. The Labute approximate surface area is 138 Å². The second-order valence-electron chi connectivity index (χ2n) is 6.84. The molecule has 0 unspecified atom stereocenters. The lowest BCUT2D eigenvalue weighted by Crippen LogP contribution is -2.34. The first-order chi connectivity index (χ1) is 11.3. The molecule has 2 aliphatic rings. The van der Waals surface area contributed by atoms with E-state index in [1.54, 1.807) is 6.33 Å². The molecule has 4 nitrogen and oxygen atoms in total. The van der Waals surface area contributed by atoms with Crippen LogP contribution >= 0.6 is 0 Å². The number of piperidine rings is 1. The molecule has 0 aliphatic carbocycles. The zero-order chi connectivity index (χ0) is 15.6. The number of anilines is 2. The van der Waals surface area contributed by atoms with Crippen molar-refractivity contribution >= 4 is 11.6 Å². The molecule has 2 aromatic rings. The number of aromatic nitrogens is 2. The van der Waals surface area contributed by atoms with E-state index < -0.39 is 0 Å². The van der Waals surface area contributed by atoms with Crippen molar-refractivity contribution in [2.75, 3.05) is 29.4 Å². The summed E-state index contributed by atoms with van der Waals surface area (Å²) >= 11 is 0. The Hall–Kier alpha value is -2.10. The van der Waals surface area contributed by atoms with Crippen LogP contribution in [0.25, 0.3) is 0 Å². The number of benzene rings is 1. The van der Waals surface area contributed by atoms with Crippen LogP contribution in [0.2, 0.25) is 0 Å². The predicted octanol–water partition coefficient (Wildman–Crippen LogP) is 3.28. The van der Waals surface area contributed by atoms with E-state index in [9.17, 15) is 0 Å². The van der Waals surface area contributed by atoms with Crippen molar-refractivity contribution in [2.45, 2.75) is 32.7 Å². The Balaban J connectivity index is 1.53. The molecule has 0 radical (unpaired) electrons. The largest absolute Gasteiger partial charge is 0.356 e. The molecule has 4 heteroatoms. The third-order valence-corrected chi connectivity index (χ3v) is 5.20. The van der Waals surface area contributed by atoms with Crippen molar-refractivity contribution in [3.8, 4) is 0 Å². The van der Waals surface area contributed by atoms with E-state index in [0.29, 0.717) is 0 Å². The molecule has 0 atom stereocenters. The maximum absolute atomic E-state index is 4.53. The van der Waals surface area contributed by atoms with Gasteiger partial charge < -0.3 is 9.80 Å². The summed E-state index contributed by atoms with van der Waals surface area (Å²) in [7, 11) is 0. The third kappa shape index (κ3) is 3.03. The minimum atomic E-state index is 0.839. The number of hydrogen-bond acceptors (Lipinski definition) is 4. The molecule has 1 aromatic heterocycles. The molecule has 1 aromatic carbocycles. The minimum Gasteiger partial charge on any atom is -0.356 e. The summed E-state index contributed by atoms with van der Waals surface area (Å²) in [5.74, 6) is 2.98. The van der Waals surface area contributed by atoms with Crippen molar-refractivity contribution in [1.29, 1.82) is 0 Å². The van der Waals surface area contributed by atoms with Gasteiger partial charge in [-0.3, -0.25) is 0 Å². The van der Waals surface area contributed by atoms with Gasteiger partial charge in [0, 0.05) is 32.2 Å². The highest BCUT2D eigenvalue weighted by Crippen LogP contribution is 2.26. The van der Waals surface area contributed by atoms with Gasteiger partial charge in [-0.25, -0.2) is 9.97 Å². The second-order valence-corrected chi connectivity index (χ2v) is 6.84. The quantitative estimate of drug-likeness (QED) is 0.852. The molecule has 120 valence electrons. The maximum atomic E-state index is 4.53. The molecule has 2 aliphatic heterocycles. The molecule has 0 bridgehead atoms. The average Bonchev–Trinajstić information content (AvgIpc) is 2.62. The Morgan fingerprint density at radius 2 is 1.61 bits per heavy atom. The van der Waals surface area contributed by atoms with Gasteiger partial charge in [-0.2, -0.15) is 0 Å². The van der Waals surface area contributed by atoms with Crippen LogP contribution < -0.4 is 9.80 Å². The van der Waals surface area contributed by atoms with Crippen LogP contribution in [-0.2, 0) is 13.0 Å². The van der Waals surface area contributed by atoms with Gasteiger partial charge in [0.15, 0.2) is 0 Å². The van der Waals surface area contributed by atoms with Crippen molar-refractivity contribution in [3.63, 3.8) is 0 Å². The van der Waals surface area contributed by atoms with Crippen LogP contribution in [0.15, 0.2) is 36.7 Å². The molecule has 3 heterocycles. The molecule has 4 rings (SSSR count). The third-order valence-electron chi connectivity index (χ3n) is 5.20. The fourth-order valence-electron chi connectivity index (χ4n) is 3.61. The van der Waals surface area contributed by atoms with Gasteiger partial charge >= 0.3 is 0 Å². The summed E-state index contributed by atoms with van der Waals surface area (Å²) in [5, 5.41) is 0. The molecule has 1 fully saturated rings. The van der Waals surface area contributed by atoms with E-state index in [-0.39, 0.29) is 0 Å². The fourth-order valence-corrected chi connectivity index (χ4v) is 3.61. The zero-order valence-electron chi connectivity index (χ0n) is 13.8. The molecule has 0 amide bonds. The molecule has 0 saturated carbocycles. The number of fused-ring (bicyclic) bond motifs is 1. The molecular weight excluding hydrogens is 284 g/mol. The number of hydrogen-bond donors (Lipinski definition) is 0. The Bertz CT molecular complexity index is 677. The first-order valence-electron chi connectivity index (χ1n) is 8.68. The highest BCUT2D eigenvalue weighted by Gasteiger charge is 2.20. The smallest absolute Gasteiger partial charge is 0.134 e. The second kappa shape index (κ2) is 6.19. The summed E-state index contributed by atoms with van der Waals surface area (Å²) < 4.78 is 0. The van der Waals surface area contributed by atoms with Crippen LogP contribution in [0.5, 0.6) is 0 Å². The summed E-state index contributed by atoms with van der Waals surface area (Å²) in [5.41, 5.74) is 2.90. The lowest BCUT2D eigenvalue weighted by Gasteiger charge is -2.33. The lowest BCUT2D eigenvalue weighted by molar-refractivity contribution is 0.436. The van der Waals surface area contributed by atoms with Gasteiger partial charge in [0.2, 0.25) is 0 Å². The monoisotopic (exact) mass is 308 g/mol. The van der Waals surface area contributed by atoms with Crippen molar-refractivity contribution in [2.24, 2.45) is 5.92 Å². The predicted molar refractivity (Wildman–Crippen MR) is 93.8 cm³/mol. The Morgan fingerprint density at radius 1 is 0.913 bits per heavy atom. The van der Waals surface area contributed by atoms with E-state index in [2.05, 4.69) is 57.0 Å². The van der Waals surface area contributed by atoms with E-state index >= 15 is 0 Å². The first-order valence-corrected chi connectivity index (χ1v) is 8.68. The Morgan fingerprint density at radius 3 is 2.39 bits per heavy atom. The van der Waals surface area contributed by atoms with Crippen LogP contribution in [0, 0.1) is 5.92 Å². The summed E-state index contributed by atoms with van der Waals surface area (Å²) in [6.45, 7) is 6.54. The lowest BCUT2D eigenvalue weighted by atomic mass is 9.99. The van der Waals surface area contributed by atoms with Gasteiger partial charge in [0.05, 0.1) is 0 Å². The highest BCUT2D eigenvalue weighted by atomic mass is 15.2. The summed E-state index contributed by atoms with van der Waals surface area (Å²) in [4.78, 5) is 13.8. The maximum Gasteiger partial charge on any atom is 0.134 e. The van der Waals surface area contributed by atoms with Gasteiger partial charge in [0.1, 0.15) is 18.0 Å². The van der Waals surface area contributed by atoms with Crippen molar-refractivity contribution < 1.29 is 0 Å². The summed E-state index contributed by atoms with van der Waals surface area (Å²) in [6.07, 6.45) is 5.34. The standard InChI is InChI=1S/C19H24N4/c1-15-6-9-22(10-7-15)18-12-19(21-14-20-18)23-11-8-16-4-2-3-5-17(16)13-23/h2-5,12,14-15H,6-11,13H2,1H3. The van der Waals surface area contributed by atoms with E-state index in [1.165, 1.54) is 24.0 Å². The number of nitrogens with zero attached hydrogens (tertiary/aromatic N) is 4. The molecule has 1 saturated heterocycles. The van der Waals surface area contributed by atoms with Crippen LogP contribution in [-0.4, -0.2) is 29.6 Å². The van der Waals surface area contributed by atoms with Gasteiger partial charge in [-0.05, 0) is 36.3 Å². The molecule has 23 heavy (non-hydrogen) atoms. The van der Waals surface area contributed by atoms with E-state index in [1.807, 2.05) is 0 Å². The summed E-state index contributed by atoms with van der Waals surface area (Å²) in [6, 6.07) is 10.9. The molecule has 0 N–H and O–H groups in total. The van der Waals surface area contributed by atoms with Crippen LogP contribution in [0.1, 0.15) is 30.9 Å². The van der Waals surface area contributed by atoms with Crippen molar-refractivity contribution in [3.05, 3.63) is 47.8 Å². The SMILES string of the molecule is CC1CCN(c2cc(N3CCc4ccccc4C3)ncn2)CC1. The van der Waals surface area contributed by atoms with Crippen LogP contribution in [0.3, 0.4) is 0 Å². The van der Waals surface area contributed by atoms with E-state index in [0.717, 1.165) is 50.2 Å². The highest BCUT2D eigenvalue weighted by molar-refractivity contribution is 5.52. The zero-order valence-corrected chi connectivity index (χ0v) is 13.8. The molecular formula is C19H24N4. The van der Waals surface area contributed by atoms with Gasteiger partial charge in [-0.15, -0.1) is 0 Å². The van der Waals surface area contributed by atoms with E-state index in [4.69, 9.17) is 0 Å². The normalized spacial score (nSPS) is 18.8. The van der Waals surface area contributed by atoms with Crippen molar-refractivity contribution in [1.82, 2.24) is 9.97 Å².